The van der Waals surface area contributed by atoms with Crippen LogP contribution in [0.1, 0.15) is 36.1 Å². The summed E-state index contributed by atoms with van der Waals surface area (Å²) in [6.07, 6.45) is 0.154. The number of hydrogen-bond acceptors (Lipinski definition) is 8. The van der Waals surface area contributed by atoms with Crippen LogP contribution in [0, 0.1) is 0 Å². The van der Waals surface area contributed by atoms with Crippen molar-refractivity contribution < 1.29 is 23.8 Å². The zero-order valence-electron chi connectivity index (χ0n) is 24.6. The molecule has 0 bridgehead atoms. The third-order valence-corrected chi connectivity index (χ3v) is 8.07. The molecule has 1 amide bonds. The third-order valence-electron chi connectivity index (χ3n) is 7.18. The Labute approximate surface area is 256 Å². The number of aliphatic imine (C=N–C) groups is 1. The first-order chi connectivity index (χ1) is 20.9. The first-order valence-corrected chi connectivity index (χ1v) is 15.0. The fourth-order valence-corrected chi connectivity index (χ4v) is 5.96. The zero-order chi connectivity index (χ0) is 30.2. The Morgan fingerprint density at radius 3 is 2.40 bits per heavy atom. The first kappa shape index (κ1) is 30.1. The molecule has 0 saturated heterocycles. The highest BCUT2D eigenvalue weighted by Gasteiger charge is 2.41. The second-order valence-corrected chi connectivity index (χ2v) is 11.1. The minimum Gasteiger partial charge on any atom is -0.489 e. The summed E-state index contributed by atoms with van der Waals surface area (Å²) in [5.74, 6) is 0.166. The van der Waals surface area contributed by atoms with Gasteiger partial charge in [-0.1, -0.05) is 84.6 Å². The summed E-state index contributed by atoms with van der Waals surface area (Å²) in [5.41, 5.74) is 4.69. The van der Waals surface area contributed by atoms with Gasteiger partial charge in [-0.2, -0.15) is 0 Å². The van der Waals surface area contributed by atoms with Crippen molar-refractivity contribution in [1.82, 2.24) is 9.80 Å². The zero-order valence-corrected chi connectivity index (χ0v) is 25.4. The molecule has 0 unspecified atom stereocenters. The van der Waals surface area contributed by atoms with Gasteiger partial charge in [-0.3, -0.25) is 4.79 Å². The number of carbonyl (C=O) groups excluding carboxylic acids is 2. The Morgan fingerprint density at radius 1 is 0.953 bits per heavy atom. The van der Waals surface area contributed by atoms with Crippen molar-refractivity contribution >= 4 is 28.8 Å². The van der Waals surface area contributed by atoms with E-state index in [1.807, 2.05) is 102 Å². The van der Waals surface area contributed by atoms with Gasteiger partial charge in [-0.05, 0) is 41.2 Å². The number of thioether (sulfide) groups is 1. The Hall–Kier alpha value is -4.34. The Bertz CT molecular complexity index is 1540. The Morgan fingerprint density at radius 2 is 1.67 bits per heavy atom. The van der Waals surface area contributed by atoms with Crippen LogP contribution in [-0.4, -0.2) is 54.2 Å². The standard InChI is InChI=1S/C34H35N3O5S/c1-24-31(33(39)41-18-17-40-3)32(27-15-10-16-29(19-27)42-22-26-13-8-5-9-14-26)37-28(23-43-34(37)35-24)20-30(38)36(2)21-25-11-6-4-7-12-25/h4-16,19,23,32H,17-18,20-22H2,1-3H3/t32-/m1/s1. The maximum atomic E-state index is 13.5. The van der Waals surface area contributed by atoms with E-state index in [1.54, 1.807) is 19.1 Å². The van der Waals surface area contributed by atoms with E-state index in [0.29, 0.717) is 35.3 Å². The second-order valence-electron chi connectivity index (χ2n) is 10.3. The largest absolute Gasteiger partial charge is 0.489 e. The summed E-state index contributed by atoms with van der Waals surface area (Å²) in [7, 11) is 3.36. The highest BCUT2D eigenvalue weighted by molar-refractivity contribution is 8.16. The van der Waals surface area contributed by atoms with Gasteiger partial charge >= 0.3 is 5.97 Å². The Balaban J connectivity index is 1.43. The maximum Gasteiger partial charge on any atom is 0.338 e. The lowest BCUT2D eigenvalue weighted by molar-refractivity contribution is -0.141. The van der Waals surface area contributed by atoms with E-state index in [2.05, 4.69) is 0 Å². The van der Waals surface area contributed by atoms with Crippen molar-refractivity contribution in [3.05, 3.63) is 124 Å². The van der Waals surface area contributed by atoms with Crippen LogP contribution in [0.15, 0.2) is 112 Å². The van der Waals surface area contributed by atoms with E-state index in [4.69, 9.17) is 19.2 Å². The van der Waals surface area contributed by atoms with Crippen LogP contribution in [0.4, 0.5) is 0 Å². The quantitative estimate of drug-likeness (QED) is 0.185. The van der Waals surface area contributed by atoms with Gasteiger partial charge in [0, 0.05) is 26.4 Å². The normalized spacial score (nSPS) is 15.9. The van der Waals surface area contributed by atoms with Crippen molar-refractivity contribution in [2.45, 2.75) is 32.5 Å². The number of fused-ring (bicyclic) bond motifs is 1. The molecule has 2 aliphatic heterocycles. The van der Waals surface area contributed by atoms with Crippen LogP contribution in [0.5, 0.6) is 5.75 Å². The predicted octanol–water partition coefficient (Wildman–Crippen LogP) is 6.08. The summed E-state index contributed by atoms with van der Waals surface area (Å²) in [5, 5.41) is 2.66. The summed E-state index contributed by atoms with van der Waals surface area (Å²) in [4.78, 5) is 35.4. The van der Waals surface area contributed by atoms with E-state index in [-0.39, 0.29) is 25.5 Å². The van der Waals surface area contributed by atoms with E-state index < -0.39 is 12.0 Å². The fourth-order valence-electron chi connectivity index (χ4n) is 4.99. The molecule has 0 saturated carbocycles. The number of nitrogens with zero attached hydrogens (tertiary/aromatic N) is 3. The first-order valence-electron chi connectivity index (χ1n) is 14.1. The molecule has 0 radical (unpaired) electrons. The number of carbonyl (C=O) groups is 2. The van der Waals surface area contributed by atoms with Crippen LogP contribution in [0.25, 0.3) is 0 Å². The molecule has 2 heterocycles. The van der Waals surface area contributed by atoms with Crippen LogP contribution in [0.2, 0.25) is 0 Å². The second kappa shape index (κ2) is 14.2. The topological polar surface area (TPSA) is 80.7 Å². The molecule has 8 nitrogen and oxygen atoms in total. The van der Waals surface area contributed by atoms with E-state index >= 15 is 0 Å². The van der Waals surface area contributed by atoms with Gasteiger partial charge in [-0.15, -0.1) is 0 Å². The number of amides is 1. The van der Waals surface area contributed by atoms with Crippen molar-refractivity contribution in [3.8, 4) is 5.75 Å². The molecule has 9 heteroatoms. The van der Waals surface area contributed by atoms with Gasteiger partial charge in [0.1, 0.15) is 19.0 Å². The van der Waals surface area contributed by atoms with Gasteiger partial charge in [0.15, 0.2) is 5.17 Å². The minimum atomic E-state index is -0.559. The SMILES string of the molecule is COCCOC(=O)C1=C(C)N=C2SC=C(CC(=O)N(C)Cc3ccccc3)N2[C@@H]1c1cccc(OCc2ccccc2)c1. The number of rotatable bonds is 12. The lowest BCUT2D eigenvalue weighted by Crippen LogP contribution is -2.38. The smallest absolute Gasteiger partial charge is 0.338 e. The van der Waals surface area contributed by atoms with Crippen LogP contribution in [0.3, 0.4) is 0 Å². The van der Waals surface area contributed by atoms with E-state index in [1.165, 1.54) is 11.8 Å². The maximum absolute atomic E-state index is 13.5. The van der Waals surface area contributed by atoms with Gasteiger partial charge in [0.2, 0.25) is 5.91 Å². The van der Waals surface area contributed by atoms with Gasteiger partial charge < -0.3 is 24.0 Å². The lowest BCUT2D eigenvalue weighted by atomic mass is 9.93. The third kappa shape index (κ3) is 7.36. The monoisotopic (exact) mass is 597 g/mol. The molecular formula is C34H35N3O5S. The number of methoxy groups -OCH3 is 1. The highest BCUT2D eigenvalue weighted by Crippen LogP contribution is 2.45. The van der Waals surface area contributed by atoms with Crippen LogP contribution >= 0.6 is 11.8 Å². The predicted molar refractivity (Wildman–Crippen MR) is 168 cm³/mol. The number of allylic oxidation sites excluding steroid dienone is 1. The molecule has 3 aromatic rings. The molecule has 0 fully saturated rings. The average molecular weight is 598 g/mol. The molecule has 3 aromatic carbocycles. The lowest BCUT2D eigenvalue weighted by Gasteiger charge is -2.36. The van der Waals surface area contributed by atoms with Crippen LogP contribution in [-0.2, 0) is 32.2 Å². The number of ether oxygens (including phenoxy) is 3. The van der Waals surface area contributed by atoms with Crippen molar-refractivity contribution in [1.29, 1.82) is 0 Å². The number of esters is 1. The summed E-state index contributed by atoms with van der Waals surface area (Å²) in [6, 6.07) is 27.0. The van der Waals surface area contributed by atoms with Gasteiger partial charge in [0.05, 0.1) is 30.3 Å². The highest BCUT2D eigenvalue weighted by atomic mass is 32.2. The summed E-state index contributed by atoms with van der Waals surface area (Å²) < 4.78 is 16.8. The molecule has 0 spiro atoms. The Kier molecular flexibility index (Phi) is 9.96. The molecular weight excluding hydrogens is 562 g/mol. The van der Waals surface area contributed by atoms with Gasteiger partial charge in [0.25, 0.3) is 0 Å². The van der Waals surface area contributed by atoms with E-state index in [0.717, 1.165) is 22.4 Å². The molecule has 2 aliphatic rings. The molecule has 1 atom stereocenters. The summed E-state index contributed by atoms with van der Waals surface area (Å²) >= 11 is 1.45. The fraction of sp³-hybridized carbons (Fsp3) is 0.265. The van der Waals surface area contributed by atoms with Crippen molar-refractivity contribution in [3.63, 3.8) is 0 Å². The average Bonchev–Trinajstić information content (AvgIpc) is 3.42. The molecule has 222 valence electrons. The molecule has 0 aliphatic carbocycles. The van der Waals surface area contributed by atoms with Crippen molar-refractivity contribution in [2.75, 3.05) is 27.4 Å². The number of amidine groups is 1. The molecule has 0 aromatic heterocycles. The van der Waals surface area contributed by atoms with Gasteiger partial charge in [-0.25, -0.2) is 9.79 Å². The van der Waals surface area contributed by atoms with Crippen molar-refractivity contribution in [2.24, 2.45) is 4.99 Å². The number of hydrogen-bond donors (Lipinski definition) is 0. The molecule has 43 heavy (non-hydrogen) atoms. The molecule has 0 N–H and O–H groups in total. The van der Waals surface area contributed by atoms with Crippen LogP contribution < -0.4 is 4.74 Å². The van der Waals surface area contributed by atoms with E-state index in [9.17, 15) is 9.59 Å². The summed E-state index contributed by atoms with van der Waals surface area (Å²) in [6.45, 7) is 3.14. The molecule has 5 rings (SSSR count). The number of benzene rings is 3. The minimum absolute atomic E-state index is 0.0360.